The van der Waals surface area contributed by atoms with E-state index in [0.717, 1.165) is 31.1 Å². The molecule has 0 atom stereocenters. The van der Waals surface area contributed by atoms with Crippen LogP contribution in [-0.2, 0) is 13.0 Å². The van der Waals surface area contributed by atoms with Crippen molar-refractivity contribution in [2.45, 2.75) is 19.9 Å². The molecule has 5 nitrogen and oxygen atoms in total. The number of amides is 1. The number of nitrogens with one attached hydrogen (secondary N) is 1. The number of rotatable bonds is 4. The molecule has 1 amide bonds. The van der Waals surface area contributed by atoms with Crippen molar-refractivity contribution in [3.8, 4) is 0 Å². The molecule has 0 aliphatic carbocycles. The Hall–Kier alpha value is -1.79. The summed E-state index contributed by atoms with van der Waals surface area (Å²) in [5.41, 5.74) is 2.84. The van der Waals surface area contributed by atoms with Crippen LogP contribution in [0.5, 0.6) is 0 Å². The van der Waals surface area contributed by atoms with Crippen molar-refractivity contribution >= 4 is 17.2 Å². The molecule has 0 spiro atoms. The lowest BCUT2D eigenvalue weighted by molar-refractivity contribution is 0.0946. The topological polar surface area (TPSA) is 58.1 Å². The fraction of sp³-hybridized carbons (Fsp3) is 0.400. The molecule has 0 saturated carbocycles. The van der Waals surface area contributed by atoms with Gasteiger partial charge in [-0.15, -0.1) is 10.2 Å². The molecule has 2 aromatic rings. The summed E-state index contributed by atoms with van der Waals surface area (Å²) in [6.07, 6.45) is 1.08. The number of fused-ring (bicyclic) bond motifs is 1. The summed E-state index contributed by atoms with van der Waals surface area (Å²) in [6.45, 7) is 5.35. The molecule has 1 aromatic carbocycles. The highest BCUT2D eigenvalue weighted by Gasteiger charge is 2.16. The third-order valence-electron chi connectivity index (χ3n) is 3.64. The van der Waals surface area contributed by atoms with Crippen LogP contribution in [-0.4, -0.2) is 40.6 Å². The molecule has 0 saturated heterocycles. The van der Waals surface area contributed by atoms with E-state index in [2.05, 4.69) is 44.7 Å². The second-order valence-corrected chi connectivity index (χ2v) is 6.36. The minimum Gasteiger partial charge on any atom is -0.349 e. The zero-order valence-corrected chi connectivity index (χ0v) is 12.8. The lowest BCUT2D eigenvalue weighted by Crippen LogP contribution is -2.37. The van der Waals surface area contributed by atoms with Gasteiger partial charge in [-0.2, -0.15) is 0 Å². The van der Waals surface area contributed by atoms with Gasteiger partial charge < -0.3 is 5.32 Å². The molecule has 21 heavy (non-hydrogen) atoms. The highest BCUT2D eigenvalue weighted by Crippen LogP contribution is 2.17. The second kappa shape index (κ2) is 6.32. The summed E-state index contributed by atoms with van der Waals surface area (Å²) >= 11 is 1.32. The number of hydrogen-bond donors (Lipinski definition) is 1. The van der Waals surface area contributed by atoms with E-state index in [9.17, 15) is 4.79 Å². The first kappa shape index (κ1) is 14.2. The van der Waals surface area contributed by atoms with E-state index in [4.69, 9.17) is 0 Å². The van der Waals surface area contributed by atoms with Crippen molar-refractivity contribution < 1.29 is 4.79 Å². The van der Waals surface area contributed by atoms with E-state index < -0.39 is 0 Å². The van der Waals surface area contributed by atoms with Gasteiger partial charge in [0.15, 0.2) is 0 Å². The van der Waals surface area contributed by atoms with Gasteiger partial charge in [0.05, 0.1) is 0 Å². The van der Waals surface area contributed by atoms with E-state index in [1.54, 1.807) is 0 Å². The predicted molar refractivity (Wildman–Crippen MR) is 82.4 cm³/mol. The number of aryl methyl sites for hydroxylation is 1. The Labute approximate surface area is 128 Å². The zero-order chi connectivity index (χ0) is 14.7. The zero-order valence-electron chi connectivity index (χ0n) is 12.0. The Kier molecular flexibility index (Phi) is 4.26. The summed E-state index contributed by atoms with van der Waals surface area (Å²) < 4.78 is 0. The van der Waals surface area contributed by atoms with Gasteiger partial charge in [-0.1, -0.05) is 35.6 Å². The second-order valence-electron chi connectivity index (χ2n) is 5.18. The third-order valence-corrected chi connectivity index (χ3v) is 4.48. The Morgan fingerprint density at radius 2 is 2.14 bits per heavy atom. The van der Waals surface area contributed by atoms with Crippen molar-refractivity contribution in [3.63, 3.8) is 0 Å². The van der Waals surface area contributed by atoms with Crippen LogP contribution in [0.15, 0.2) is 24.3 Å². The Balaban J connectivity index is 1.47. The number of nitrogens with zero attached hydrogens (tertiary/aromatic N) is 3. The highest BCUT2D eigenvalue weighted by molar-refractivity contribution is 7.13. The largest absolute Gasteiger partial charge is 0.349 e. The van der Waals surface area contributed by atoms with Gasteiger partial charge >= 0.3 is 0 Å². The van der Waals surface area contributed by atoms with E-state index in [-0.39, 0.29) is 5.91 Å². The van der Waals surface area contributed by atoms with Crippen LogP contribution < -0.4 is 5.32 Å². The summed E-state index contributed by atoms with van der Waals surface area (Å²) in [6, 6.07) is 8.57. The molecule has 1 aliphatic heterocycles. The summed E-state index contributed by atoms with van der Waals surface area (Å²) in [5.74, 6) is -0.127. The van der Waals surface area contributed by atoms with E-state index >= 15 is 0 Å². The molecule has 6 heteroatoms. The maximum absolute atomic E-state index is 11.9. The highest BCUT2D eigenvalue weighted by atomic mass is 32.1. The Morgan fingerprint density at radius 3 is 2.90 bits per heavy atom. The number of carbonyl (C=O) groups excluding carboxylic acids is 1. The predicted octanol–water partition coefficient (Wildman–Crippen LogP) is 1.63. The smallest absolute Gasteiger partial charge is 0.282 e. The minimum absolute atomic E-state index is 0.127. The van der Waals surface area contributed by atoms with Crippen molar-refractivity contribution in [3.05, 3.63) is 45.4 Å². The fourth-order valence-electron chi connectivity index (χ4n) is 2.54. The minimum atomic E-state index is -0.127. The monoisotopic (exact) mass is 302 g/mol. The van der Waals surface area contributed by atoms with Gasteiger partial charge in [0.1, 0.15) is 5.01 Å². The molecule has 0 unspecified atom stereocenters. The first-order chi connectivity index (χ1) is 10.2. The summed E-state index contributed by atoms with van der Waals surface area (Å²) in [4.78, 5) is 14.2. The average Bonchev–Trinajstić information content (AvgIpc) is 2.94. The standard InChI is InChI=1S/C15H18N4OS/c1-11-17-18-15(21-11)14(20)16-7-9-19-8-6-12-4-2-3-5-13(12)10-19/h2-5H,6-10H2,1H3,(H,16,20). The number of carbonyl (C=O) groups is 1. The lowest BCUT2D eigenvalue weighted by Gasteiger charge is -2.28. The van der Waals surface area contributed by atoms with Crippen LogP contribution in [0, 0.1) is 6.92 Å². The fourth-order valence-corrected chi connectivity index (χ4v) is 3.14. The van der Waals surface area contributed by atoms with Crippen LogP contribution >= 0.6 is 11.3 Å². The number of hydrogen-bond acceptors (Lipinski definition) is 5. The Morgan fingerprint density at radius 1 is 1.33 bits per heavy atom. The SMILES string of the molecule is Cc1nnc(C(=O)NCCN2CCc3ccccc3C2)s1. The van der Waals surface area contributed by atoms with Crippen molar-refractivity contribution in [2.24, 2.45) is 0 Å². The van der Waals surface area contributed by atoms with E-state index in [1.165, 1.54) is 22.5 Å². The quantitative estimate of drug-likeness (QED) is 0.933. The Bertz CT molecular complexity index is 640. The van der Waals surface area contributed by atoms with Crippen LogP contribution in [0.4, 0.5) is 0 Å². The van der Waals surface area contributed by atoms with Gasteiger partial charge in [0.2, 0.25) is 5.01 Å². The lowest BCUT2D eigenvalue weighted by atomic mass is 10.00. The molecule has 0 radical (unpaired) electrons. The van der Waals surface area contributed by atoms with Crippen molar-refractivity contribution in [1.82, 2.24) is 20.4 Å². The van der Waals surface area contributed by atoms with Gasteiger partial charge in [-0.05, 0) is 24.5 Å². The first-order valence-corrected chi connectivity index (χ1v) is 7.91. The molecular weight excluding hydrogens is 284 g/mol. The van der Waals surface area contributed by atoms with Crippen molar-refractivity contribution in [1.29, 1.82) is 0 Å². The maximum atomic E-state index is 11.9. The van der Waals surface area contributed by atoms with Crippen LogP contribution in [0.1, 0.15) is 25.9 Å². The van der Waals surface area contributed by atoms with Gasteiger partial charge in [0, 0.05) is 26.2 Å². The number of aromatic nitrogens is 2. The van der Waals surface area contributed by atoms with Crippen LogP contribution in [0.2, 0.25) is 0 Å². The van der Waals surface area contributed by atoms with Crippen molar-refractivity contribution in [2.75, 3.05) is 19.6 Å². The van der Waals surface area contributed by atoms with Crippen LogP contribution in [0.25, 0.3) is 0 Å². The molecule has 3 rings (SSSR count). The molecule has 0 bridgehead atoms. The first-order valence-electron chi connectivity index (χ1n) is 7.10. The molecule has 1 N–H and O–H groups in total. The third kappa shape index (κ3) is 3.46. The molecule has 0 fully saturated rings. The van der Waals surface area contributed by atoms with Gasteiger partial charge in [-0.3, -0.25) is 9.69 Å². The van der Waals surface area contributed by atoms with Gasteiger partial charge in [-0.25, -0.2) is 0 Å². The van der Waals surface area contributed by atoms with E-state index in [0.29, 0.717) is 11.6 Å². The average molecular weight is 302 g/mol. The molecule has 1 aromatic heterocycles. The number of benzene rings is 1. The van der Waals surface area contributed by atoms with Gasteiger partial charge in [0.25, 0.3) is 5.91 Å². The molecule has 2 heterocycles. The molecule has 1 aliphatic rings. The normalized spacial score (nSPS) is 14.7. The maximum Gasteiger partial charge on any atom is 0.282 e. The van der Waals surface area contributed by atoms with Crippen LogP contribution in [0.3, 0.4) is 0 Å². The molecular formula is C15H18N4OS. The summed E-state index contributed by atoms with van der Waals surface area (Å²) in [7, 11) is 0. The molecule has 110 valence electrons. The van der Waals surface area contributed by atoms with E-state index in [1.807, 2.05) is 6.92 Å². The summed E-state index contributed by atoms with van der Waals surface area (Å²) in [5, 5.41) is 11.9.